The normalized spacial score (nSPS) is 10.2. The molecule has 2 heteroatoms. The van der Waals surface area contributed by atoms with Crippen molar-refractivity contribution in [3.8, 4) is 22.3 Å². The molecule has 106 valence electrons. The molecule has 0 aliphatic carbocycles. The molecule has 0 aliphatic rings. The van der Waals surface area contributed by atoms with Crippen molar-refractivity contribution < 1.29 is 9.59 Å². The van der Waals surface area contributed by atoms with Crippen molar-refractivity contribution in [1.82, 2.24) is 0 Å². The van der Waals surface area contributed by atoms with Crippen LogP contribution in [0.3, 0.4) is 0 Å². The molecule has 3 aromatic rings. The number of aldehydes is 2. The number of rotatable bonds is 4. The van der Waals surface area contributed by atoms with Crippen LogP contribution < -0.4 is 0 Å². The first kappa shape index (κ1) is 14.0. The van der Waals surface area contributed by atoms with E-state index < -0.39 is 0 Å². The molecular formula is C20H14O2. The Morgan fingerprint density at radius 1 is 0.591 bits per heavy atom. The van der Waals surface area contributed by atoms with Crippen molar-refractivity contribution in [3.05, 3.63) is 83.9 Å². The largest absolute Gasteiger partial charge is 0.298 e. The number of hydrogen-bond acceptors (Lipinski definition) is 2. The Morgan fingerprint density at radius 2 is 1.27 bits per heavy atom. The van der Waals surface area contributed by atoms with Gasteiger partial charge in [-0.15, -0.1) is 0 Å². The second-order valence-corrected chi connectivity index (χ2v) is 4.99. The minimum atomic E-state index is 0.559. The van der Waals surface area contributed by atoms with Crippen LogP contribution in [-0.4, -0.2) is 12.6 Å². The van der Waals surface area contributed by atoms with Gasteiger partial charge in [0.15, 0.2) is 6.29 Å². The predicted octanol–water partition coefficient (Wildman–Crippen LogP) is 4.65. The standard InChI is InChI=1S/C20H14O2/c21-13-15-10-11-17(14-22)20(12-15)19-9-5-4-8-18(19)16-6-2-1-3-7-16/h1-14H. The Balaban J connectivity index is 2.26. The minimum absolute atomic E-state index is 0.559. The molecule has 3 aromatic carbocycles. The summed E-state index contributed by atoms with van der Waals surface area (Å²) in [6, 6.07) is 23.0. The van der Waals surface area contributed by atoms with Crippen LogP contribution in [0.1, 0.15) is 20.7 Å². The summed E-state index contributed by atoms with van der Waals surface area (Å²) in [6.45, 7) is 0. The Morgan fingerprint density at radius 3 is 1.95 bits per heavy atom. The van der Waals surface area contributed by atoms with Crippen molar-refractivity contribution in [2.45, 2.75) is 0 Å². The lowest BCUT2D eigenvalue weighted by molar-refractivity contribution is 0.111. The lowest BCUT2D eigenvalue weighted by Crippen LogP contribution is -1.93. The molecule has 22 heavy (non-hydrogen) atoms. The first-order chi connectivity index (χ1) is 10.8. The Labute approximate surface area is 129 Å². The van der Waals surface area contributed by atoms with Crippen molar-refractivity contribution in [1.29, 1.82) is 0 Å². The molecule has 0 aliphatic heterocycles. The number of carbonyl (C=O) groups is 2. The number of carbonyl (C=O) groups excluding carboxylic acids is 2. The van der Waals surface area contributed by atoms with E-state index in [1.807, 2.05) is 54.6 Å². The molecule has 0 N–H and O–H groups in total. The maximum atomic E-state index is 11.4. The molecule has 0 aromatic heterocycles. The summed E-state index contributed by atoms with van der Waals surface area (Å²) in [4.78, 5) is 22.4. The average Bonchev–Trinajstić information content (AvgIpc) is 2.62. The van der Waals surface area contributed by atoms with Crippen molar-refractivity contribution >= 4 is 12.6 Å². The highest BCUT2D eigenvalue weighted by Crippen LogP contribution is 2.33. The smallest absolute Gasteiger partial charge is 0.150 e. The fourth-order valence-corrected chi connectivity index (χ4v) is 2.57. The van der Waals surface area contributed by atoms with E-state index in [0.717, 1.165) is 34.8 Å². The van der Waals surface area contributed by atoms with Gasteiger partial charge in [0, 0.05) is 11.1 Å². The van der Waals surface area contributed by atoms with Crippen LogP contribution in [0, 0.1) is 0 Å². The van der Waals surface area contributed by atoms with Gasteiger partial charge in [0.1, 0.15) is 6.29 Å². The molecule has 0 unspecified atom stereocenters. The highest BCUT2D eigenvalue weighted by atomic mass is 16.1. The molecular weight excluding hydrogens is 272 g/mol. The van der Waals surface area contributed by atoms with Gasteiger partial charge in [0.05, 0.1) is 0 Å². The lowest BCUT2D eigenvalue weighted by Gasteiger charge is -2.12. The zero-order valence-electron chi connectivity index (χ0n) is 11.9. The summed E-state index contributed by atoms with van der Waals surface area (Å²) in [6.07, 6.45) is 1.62. The zero-order valence-corrected chi connectivity index (χ0v) is 11.9. The third-order valence-corrected chi connectivity index (χ3v) is 3.64. The van der Waals surface area contributed by atoms with Crippen LogP contribution in [0.2, 0.25) is 0 Å². The van der Waals surface area contributed by atoms with Gasteiger partial charge >= 0.3 is 0 Å². The third kappa shape index (κ3) is 2.59. The summed E-state index contributed by atoms with van der Waals surface area (Å²) in [5.74, 6) is 0. The van der Waals surface area contributed by atoms with Gasteiger partial charge in [0.2, 0.25) is 0 Å². The van der Waals surface area contributed by atoms with Crippen LogP contribution >= 0.6 is 0 Å². The highest BCUT2D eigenvalue weighted by Gasteiger charge is 2.11. The summed E-state index contributed by atoms with van der Waals surface area (Å²) in [5, 5.41) is 0. The lowest BCUT2D eigenvalue weighted by atomic mass is 9.91. The maximum Gasteiger partial charge on any atom is 0.150 e. The molecule has 0 saturated carbocycles. The van der Waals surface area contributed by atoms with Gasteiger partial charge in [0.25, 0.3) is 0 Å². The SMILES string of the molecule is O=Cc1ccc(C=O)c(-c2ccccc2-c2ccccc2)c1. The molecule has 0 fully saturated rings. The van der Waals surface area contributed by atoms with Crippen LogP contribution in [0.5, 0.6) is 0 Å². The van der Waals surface area contributed by atoms with Gasteiger partial charge < -0.3 is 0 Å². The predicted molar refractivity (Wildman–Crippen MR) is 88.1 cm³/mol. The molecule has 0 saturated heterocycles. The highest BCUT2D eigenvalue weighted by molar-refractivity contribution is 5.95. The molecule has 0 radical (unpaired) electrons. The summed E-state index contributed by atoms with van der Waals surface area (Å²) >= 11 is 0. The third-order valence-electron chi connectivity index (χ3n) is 3.64. The molecule has 0 atom stereocenters. The fourth-order valence-electron chi connectivity index (χ4n) is 2.57. The van der Waals surface area contributed by atoms with E-state index in [1.54, 1.807) is 18.2 Å². The zero-order chi connectivity index (χ0) is 15.4. The molecule has 0 heterocycles. The molecule has 0 spiro atoms. The molecule has 3 rings (SSSR count). The van der Waals surface area contributed by atoms with E-state index >= 15 is 0 Å². The van der Waals surface area contributed by atoms with E-state index in [-0.39, 0.29) is 0 Å². The maximum absolute atomic E-state index is 11.4. The first-order valence-electron chi connectivity index (χ1n) is 7.02. The number of hydrogen-bond donors (Lipinski definition) is 0. The first-order valence-corrected chi connectivity index (χ1v) is 7.02. The fraction of sp³-hybridized carbons (Fsp3) is 0. The van der Waals surface area contributed by atoms with Gasteiger partial charge in [-0.05, 0) is 28.3 Å². The van der Waals surface area contributed by atoms with Crippen LogP contribution in [0.4, 0.5) is 0 Å². The molecule has 0 bridgehead atoms. The second-order valence-electron chi connectivity index (χ2n) is 4.99. The summed E-state index contributed by atoms with van der Waals surface area (Å²) in [5.41, 5.74) is 4.97. The Hall–Kier alpha value is -3.00. The van der Waals surface area contributed by atoms with Crippen molar-refractivity contribution in [3.63, 3.8) is 0 Å². The van der Waals surface area contributed by atoms with Crippen molar-refractivity contribution in [2.75, 3.05) is 0 Å². The van der Waals surface area contributed by atoms with Gasteiger partial charge in [-0.25, -0.2) is 0 Å². The van der Waals surface area contributed by atoms with E-state index in [4.69, 9.17) is 0 Å². The van der Waals surface area contributed by atoms with E-state index in [1.165, 1.54) is 0 Å². The van der Waals surface area contributed by atoms with Gasteiger partial charge in [-0.1, -0.05) is 66.7 Å². The van der Waals surface area contributed by atoms with E-state index in [0.29, 0.717) is 11.1 Å². The summed E-state index contributed by atoms with van der Waals surface area (Å²) < 4.78 is 0. The Bertz CT molecular complexity index is 820. The average molecular weight is 286 g/mol. The van der Waals surface area contributed by atoms with Crippen LogP contribution in [-0.2, 0) is 0 Å². The van der Waals surface area contributed by atoms with E-state index in [9.17, 15) is 9.59 Å². The molecule has 0 amide bonds. The number of benzene rings is 3. The quantitative estimate of drug-likeness (QED) is 0.654. The summed E-state index contributed by atoms with van der Waals surface area (Å²) in [7, 11) is 0. The minimum Gasteiger partial charge on any atom is -0.298 e. The van der Waals surface area contributed by atoms with E-state index in [2.05, 4.69) is 0 Å². The van der Waals surface area contributed by atoms with Crippen LogP contribution in [0.25, 0.3) is 22.3 Å². The molecule has 2 nitrogen and oxygen atoms in total. The van der Waals surface area contributed by atoms with Gasteiger partial charge in [-0.3, -0.25) is 9.59 Å². The Kier molecular flexibility index (Phi) is 3.92. The monoisotopic (exact) mass is 286 g/mol. The topological polar surface area (TPSA) is 34.1 Å². The van der Waals surface area contributed by atoms with Crippen molar-refractivity contribution in [2.24, 2.45) is 0 Å². The van der Waals surface area contributed by atoms with Gasteiger partial charge in [-0.2, -0.15) is 0 Å². The second kappa shape index (κ2) is 6.19. The van der Waals surface area contributed by atoms with Crippen LogP contribution in [0.15, 0.2) is 72.8 Å².